The van der Waals surface area contributed by atoms with E-state index in [1.807, 2.05) is 0 Å². The first-order chi connectivity index (χ1) is 13.7. The molecule has 1 amide bonds. The molecule has 1 aliphatic rings. The molecule has 0 spiro atoms. The van der Waals surface area contributed by atoms with Crippen LogP contribution in [0.15, 0.2) is 40.1 Å². The highest BCUT2D eigenvalue weighted by molar-refractivity contribution is 5.78. The van der Waals surface area contributed by atoms with Crippen LogP contribution in [0, 0.1) is 12.7 Å². The van der Waals surface area contributed by atoms with Crippen molar-refractivity contribution >= 4 is 5.91 Å². The van der Waals surface area contributed by atoms with E-state index in [1.54, 1.807) is 0 Å². The molecule has 4 N–H and O–H groups in total. The van der Waals surface area contributed by atoms with Crippen LogP contribution < -0.4 is 16.6 Å². The molecule has 1 saturated heterocycles. The topological polar surface area (TPSA) is 134 Å². The number of halogens is 1. The van der Waals surface area contributed by atoms with Gasteiger partial charge < -0.3 is 20.3 Å². The molecule has 0 aliphatic carbocycles. The number of nitrogens with zero attached hydrogens (tertiary/aromatic N) is 1. The van der Waals surface area contributed by atoms with Crippen molar-refractivity contribution in [1.82, 2.24) is 14.9 Å². The van der Waals surface area contributed by atoms with Crippen LogP contribution in [-0.2, 0) is 22.5 Å². The van der Waals surface area contributed by atoms with Crippen LogP contribution in [0.2, 0.25) is 0 Å². The summed E-state index contributed by atoms with van der Waals surface area (Å²) in [5.41, 5.74) is -0.233. The molecule has 2 aromatic rings. The summed E-state index contributed by atoms with van der Waals surface area (Å²) in [6, 6.07) is 4.62. The number of aliphatic hydroxyl groups excluding tert-OH is 2. The van der Waals surface area contributed by atoms with E-state index < -0.39 is 47.3 Å². The van der Waals surface area contributed by atoms with Gasteiger partial charge in [-0.25, -0.2) is 9.18 Å². The van der Waals surface area contributed by atoms with E-state index in [-0.39, 0.29) is 19.6 Å². The first-order valence-electron chi connectivity index (χ1n) is 9.06. The lowest BCUT2D eigenvalue weighted by Gasteiger charge is -2.38. The first-order valence-corrected chi connectivity index (χ1v) is 9.06. The lowest BCUT2D eigenvalue weighted by atomic mass is 9.97. The van der Waals surface area contributed by atoms with Gasteiger partial charge in [0.15, 0.2) is 0 Å². The van der Waals surface area contributed by atoms with Gasteiger partial charge in [-0.1, -0.05) is 12.1 Å². The number of ether oxygens (including phenoxy) is 1. The second-order valence-corrected chi connectivity index (χ2v) is 7.05. The normalized spacial score (nSPS) is 24.3. The molecular weight excluding hydrogens is 385 g/mol. The summed E-state index contributed by atoms with van der Waals surface area (Å²) in [5, 5.41) is 23.3. The van der Waals surface area contributed by atoms with E-state index in [1.165, 1.54) is 42.0 Å². The number of nitrogens with one attached hydrogen (secondary N) is 2. The number of carbonyl (C=O) groups excluding carboxylic acids is 1. The Kier molecular flexibility index (Phi) is 6.26. The maximum absolute atomic E-state index is 12.9. The lowest BCUT2D eigenvalue weighted by Crippen LogP contribution is -2.60. The second-order valence-electron chi connectivity index (χ2n) is 7.05. The third-order valence-electron chi connectivity index (χ3n) is 4.82. The molecule has 0 saturated carbocycles. The summed E-state index contributed by atoms with van der Waals surface area (Å²) < 4.78 is 19.7. The second kappa shape index (κ2) is 8.68. The molecule has 3 rings (SSSR count). The summed E-state index contributed by atoms with van der Waals surface area (Å²) in [7, 11) is 0. The molecule has 0 radical (unpaired) electrons. The third kappa shape index (κ3) is 4.97. The lowest BCUT2D eigenvalue weighted by molar-refractivity contribution is -0.158. The summed E-state index contributed by atoms with van der Waals surface area (Å²) in [6.45, 7) is 1.38. The fraction of sp³-hybridized carbons (Fsp3) is 0.421. The molecule has 9 nitrogen and oxygen atoms in total. The van der Waals surface area contributed by atoms with Crippen molar-refractivity contribution < 1.29 is 24.1 Å². The van der Waals surface area contributed by atoms with Crippen molar-refractivity contribution in [3.05, 3.63) is 68.2 Å². The highest BCUT2D eigenvalue weighted by Gasteiger charge is 2.39. The van der Waals surface area contributed by atoms with Crippen LogP contribution in [-0.4, -0.2) is 56.6 Å². The van der Waals surface area contributed by atoms with Crippen LogP contribution in [0.1, 0.15) is 11.1 Å². The van der Waals surface area contributed by atoms with Gasteiger partial charge in [0, 0.05) is 11.8 Å². The summed E-state index contributed by atoms with van der Waals surface area (Å²) in [4.78, 5) is 37.7. The quantitative estimate of drug-likeness (QED) is 0.494. The molecule has 156 valence electrons. The zero-order chi connectivity index (χ0) is 21.1. The van der Waals surface area contributed by atoms with Gasteiger partial charge >= 0.3 is 5.69 Å². The molecule has 1 aromatic heterocycles. The Bertz CT molecular complexity index is 987. The highest BCUT2D eigenvalue weighted by atomic mass is 19.1. The Morgan fingerprint density at radius 3 is 2.66 bits per heavy atom. The number of carbonyl (C=O) groups is 1. The SMILES string of the molecule is Cc1cn(C[C@H]2OC[C@@H](NC(=O)Cc3ccc(F)cc3)[C@H](O)[C@@H]2O)c(=O)[nH]c1=O. The third-order valence-corrected chi connectivity index (χ3v) is 4.82. The van der Waals surface area contributed by atoms with E-state index in [4.69, 9.17) is 4.74 Å². The van der Waals surface area contributed by atoms with Crippen molar-refractivity contribution in [1.29, 1.82) is 0 Å². The highest BCUT2D eigenvalue weighted by Crippen LogP contribution is 2.17. The molecule has 1 fully saturated rings. The number of aliphatic hydroxyl groups is 2. The molecule has 10 heteroatoms. The van der Waals surface area contributed by atoms with Gasteiger partial charge in [-0.05, 0) is 24.6 Å². The van der Waals surface area contributed by atoms with Gasteiger partial charge in [0.05, 0.1) is 25.6 Å². The van der Waals surface area contributed by atoms with E-state index >= 15 is 0 Å². The molecule has 29 heavy (non-hydrogen) atoms. The zero-order valence-corrected chi connectivity index (χ0v) is 15.7. The average molecular weight is 407 g/mol. The van der Waals surface area contributed by atoms with Crippen molar-refractivity contribution in [2.24, 2.45) is 0 Å². The number of aromatic amines is 1. The molecule has 4 atom stereocenters. The minimum atomic E-state index is -1.36. The minimum Gasteiger partial charge on any atom is -0.388 e. The van der Waals surface area contributed by atoms with Crippen LogP contribution in [0.3, 0.4) is 0 Å². The zero-order valence-electron chi connectivity index (χ0n) is 15.7. The smallest absolute Gasteiger partial charge is 0.328 e. The van der Waals surface area contributed by atoms with E-state index in [9.17, 15) is 29.0 Å². The maximum atomic E-state index is 12.9. The average Bonchev–Trinajstić information content (AvgIpc) is 2.67. The maximum Gasteiger partial charge on any atom is 0.328 e. The Morgan fingerprint density at radius 1 is 1.28 bits per heavy atom. The summed E-state index contributed by atoms with van der Waals surface area (Å²) in [6.07, 6.45) is -2.25. The number of hydrogen-bond donors (Lipinski definition) is 4. The minimum absolute atomic E-state index is 0.0188. The Hall–Kier alpha value is -2.82. The van der Waals surface area contributed by atoms with Crippen molar-refractivity contribution in [3.63, 3.8) is 0 Å². The van der Waals surface area contributed by atoms with E-state index in [2.05, 4.69) is 10.3 Å². The number of aryl methyl sites for hydroxylation is 1. The standard InChI is InChI=1S/C19H22FN3O6/c1-10-7-23(19(28)22-18(10)27)8-14-17(26)16(25)13(9-29-14)21-15(24)6-11-2-4-12(20)5-3-11/h2-5,7,13-14,16-17,25-26H,6,8-9H2,1H3,(H,21,24)(H,22,27,28)/t13-,14-,16+,17-/m1/s1. The van der Waals surface area contributed by atoms with Crippen molar-refractivity contribution in [3.8, 4) is 0 Å². The number of benzene rings is 1. The van der Waals surface area contributed by atoms with Gasteiger partial charge in [-0.15, -0.1) is 0 Å². The number of aromatic nitrogens is 2. The number of H-pyrrole nitrogens is 1. The van der Waals surface area contributed by atoms with E-state index in [0.29, 0.717) is 11.1 Å². The van der Waals surface area contributed by atoms with Gasteiger partial charge in [0.2, 0.25) is 5.91 Å². The van der Waals surface area contributed by atoms with Crippen molar-refractivity contribution in [2.75, 3.05) is 6.61 Å². The molecule has 2 heterocycles. The largest absolute Gasteiger partial charge is 0.388 e. The number of rotatable bonds is 5. The fourth-order valence-electron chi connectivity index (χ4n) is 3.16. The van der Waals surface area contributed by atoms with Crippen LogP contribution in [0.25, 0.3) is 0 Å². The Labute approximate surface area is 164 Å². The summed E-state index contributed by atoms with van der Waals surface area (Å²) in [5.74, 6) is -0.821. The van der Waals surface area contributed by atoms with E-state index in [0.717, 1.165) is 0 Å². The number of hydrogen-bond acceptors (Lipinski definition) is 6. The summed E-state index contributed by atoms with van der Waals surface area (Å²) >= 11 is 0. The molecular formula is C19H22FN3O6. The van der Waals surface area contributed by atoms with Crippen LogP contribution >= 0.6 is 0 Å². The molecule has 0 unspecified atom stereocenters. The monoisotopic (exact) mass is 407 g/mol. The van der Waals surface area contributed by atoms with Gasteiger partial charge in [0.1, 0.15) is 24.1 Å². The van der Waals surface area contributed by atoms with Gasteiger partial charge in [-0.2, -0.15) is 0 Å². The first kappa shape index (κ1) is 20.9. The Morgan fingerprint density at radius 2 is 1.97 bits per heavy atom. The predicted octanol–water partition coefficient (Wildman–Crippen LogP) is -1.17. The van der Waals surface area contributed by atoms with Gasteiger partial charge in [-0.3, -0.25) is 19.1 Å². The molecule has 1 aromatic carbocycles. The number of amides is 1. The van der Waals surface area contributed by atoms with Gasteiger partial charge in [0.25, 0.3) is 5.56 Å². The van der Waals surface area contributed by atoms with Crippen LogP contribution in [0.5, 0.6) is 0 Å². The Balaban J connectivity index is 1.60. The molecule has 1 aliphatic heterocycles. The molecule has 0 bridgehead atoms. The predicted molar refractivity (Wildman–Crippen MR) is 99.8 cm³/mol. The van der Waals surface area contributed by atoms with Crippen LogP contribution in [0.4, 0.5) is 4.39 Å². The fourth-order valence-corrected chi connectivity index (χ4v) is 3.16. The van der Waals surface area contributed by atoms with Crippen molar-refractivity contribution in [2.45, 2.75) is 44.2 Å².